The van der Waals surface area contributed by atoms with Crippen molar-refractivity contribution in [3.63, 3.8) is 0 Å². The maximum absolute atomic E-state index is 12.1. The van der Waals surface area contributed by atoms with E-state index in [4.69, 9.17) is 16.3 Å². The van der Waals surface area contributed by atoms with E-state index in [1.807, 2.05) is 37.3 Å². The number of hydrogen-bond donors (Lipinski definition) is 1. The zero-order chi connectivity index (χ0) is 14.4. The normalized spacial score (nSPS) is 19.3. The van der Waals surface area contributed by atoms with Crippen LogP contribution in [0.25, 0.3) is 0 Å². The number of nitrogens with zero attached hydrogens (tertiary/aromatic N) is 1. The SMILES string of the molecule is CC(CN1CCOCC1)NC(=O)C(Cl)c1ccccc1. The quantitative estimate of drug-likeness (QED) is 0.843. The minimum absolute atomic E-state index is 0.0746. The third-order valence-electron chi connectivity index (χ3n) is 3.35. The predicted octanol–water partition coefficient (Wildman–Crippen LogP) is 1.80. The summed E-state index contributed by atoms with van der Waals surface area (Å²) in [4.78, 5) is 14.4. The minimum Gasteiger partial charge on any atom is -0.379 e. The Morgan fingerprint density at radius 3 is 2.65 bits per heavy atom. The molecule has 1 aromatic rings. The van der Waals surface area contributed by atoms with Crippen LogP contribution in [0.1, 0.15) is 17.9 Å². The van der Waals surface area contributed by atoms with Crippen molar-refractivity contribution >= 4 is 17.5 Å². The van der Waals surface area contributed by atoms with Crippen molar-refractivity contribution in [3.8, 4) is 0 Å². The van der Waals surface area contributed by atoms with Gasteiger partial charge in [0, 0.05) is 25.7 Å². The molecule has 0 aromatic heterocycles. The number of benzene rings is 1. The van der Waals surface area contributed by atoms with Crippen molar-refractivity contribution in [2.75, 3.05) is 32.8 Å². The van der Waals surface area contributed by atoms with Crippen LogP contribution in [-0.2, 0) is 9.53 Å². The standard InChI is InChI=1S/C15H21ClN2O2/c1-12(11-18-7-9-20-10-8-18)17-15(19)14(16)13-5-3-2-4-6-13/h2-6,12,14H,7-11H2,1H3,(H,17,19). The fourth-order valence-electron chi connectivity index (χ4n) is 2.31. The topological polar surface area (TPSA) is 41.6 Å². The highest BCUT2D eigenvalue weighted by Crippen LogP contribution is 2.20. The van der Waals surface area contributed by atoms with Gasteiger partial charge in [-0.1, -0.05) is 30.3 Å². The van der Waals surface area contributed by atoms with Gasteiger partial charge in [0.15, 0.2) is 0 Å². The Labute approximate surface area is 125 Å². The molecule has 1 aromatic carbocycles. The lowest BCUT2D eigenvalue weighted by molar-refractivity contribution is -0.121. The van der Waals surface area contributed by atoms with Crippen LogP contribution in [0.3, 0.4) is 0 Å². The number of carbonyl (C=O) groups is 1. The monoisotopic (exact) mass is 296 g/mol. The highest BCUT2D eigenvalue weighted by Gasteiger charge is 2.20. The lowest BCUT2D eigenvalue weighted by Crippen LogP contribution is -2.46. The van der Waals surface area contributed by atoms with Crippen LogP contribution in [0, 0.1) is 0 Å². The maximum atomic E-state index is 12.1. The van der Waals surface area contributed by atoms with E-state index in [9.17, 15) is 4.79 Å². The molecule has 4 nitrogen and oxygen atoms in total. The fourth-order valence-corrected chi connectivity index (χ4v) is 2.51. The van der Waals surface area contributed by atoms with Gasteiger partial charge in [0.25, 0.3) is 0 Å². The summed E-state index contributed by atoms with van der Waals surface area (Å²) in [5, 5.41) is 2.34. The number of ether oxygens (including phenoxy) is 1. The Morgan fingerprint density at radius 1 is 1.35 bits per heavy atom. The van der Waals surface area contributed by atoms with Crippen molar-refractivity contribution in [1.82, 2.24) is 10.2 Å². The van der Waals surface area contributed by atoms with Gasteiger partial charge in [0.2, 0.25) is 5.91 Å². The van der Waals surface area contributed by atoms with Gasteiger partial charge >= 0.3 is 0 Å². The van der Waals surface area contributed by atoms with Crippen LogP contribution in [0.15, 0.2) is 30.3 Å². The van der Waals surface area contributed by atoms with E-state index in [2.05, 4.69) is 10.2 Å². The molecule has 2 atom stereocenters. The summed E-state index contributed by atoms with van der Waals surface area (Å²) in [6, 6.07) is 9.48. The number of morpholine rings is 1. The molecule has 20 heavy (non-hydrogen) atoms. The number of amides is 1. The highest BCUT2D eigenvalue weighted by atomic mass is 35.5. The Kier molecular flexibility index (Phi) is 5.83. The van der Waals surface area contributed by atoms with Gasteiger partial charge in [-0.2, -0.15) is 0 Å². The number of alkyl halides is 1. The fraction of sp³-hybridized carbons (Fsp3) is 0.533. The smallest absolute Gasteiger partial charge is 0.242 e. The second kappa shape index (κ2) is 7.62. The van der Waals surface area contributed by atoms with Crippen LogP contribution in [-0.4, -0.2) is 49.7 Å². The molecule has 1 aliphatic heterocycles. The second-order valence-corrected chi connectivity index (χ2v) is 5.53. The van der Waals surface area contributed by atoms with Crippen molar-refractivity contribution in [2.45, 2.75) is 18.3 Å². The van der Waals surface area contributed by atoms with Gasteiger partial charge in [-0.3, -0.25) is 9.69 Å². The van der Waals surface area contributed by atoms with E-state index in [1.165, 1.54) is 0 Å². The number of rotatable bonds is 5. The lowest BCUT2D eigenvalue weighted by Gasteiger charge is -2.29. The summed E-state index contributed by atoms with van der Waals surface area (Å²) in [5.41, 5.74) is 0.824. The third kappa shape index (κ3) is 4.47. The van der Waals surface area contributed by atoms with Gasteiger partial charge < -0.3 is 10.1 Å². The van der Waals surface area contributed by atoms with Gasteiger partial charge in [0.05, 0.1) is 13.2 Å². The highest BCUT2D eigenvalue weighted by molar-refractivity contribution is 6.30. The Hall–Kier alpha value is -1.10. The molecule has 0 bridgehead atoms. The molecule has 5 heteroatoms. The maximum Gasteiger partial charge on any atom is 0.242 e. The molecule has 1 heterocycles. The van der Waals surface area contributed by atoms with Gasteiger partial charge in [-0.15, -0.1) is 11.6 Å². The Morgan fingerprint density at radius 2 is 2.00 bits per heavy atom. The lowest BCUT2D eigenvalue weighted by atomic mass is 10.1. The van der Waals surface area contributed by atoms with E-state index in [0.29, 0.717) is 0 Å². The number of nitrogens with one attached hydrogen (secondary N) is 1. The molecule has 2 unspecified atom stereocenters. The molecule has 1 saturated heterocycles. The molecular weight excluding hydrogens is 276 g/mol. The molecule has 0 saturated carbocycles. The van der Waals surface area contributed by atoms with Crippen molar-refractivity contribution < 1.29 is 9.53 Å². The van der Waals surface area contributed by atoms with Crippen LogP contribution < -0.4 is 5.32 Å². The first kappa shape index (κ1) is 15.3. The second-order valence-electron chi connectivity index (χ2n) is 5.10. The Bertz CT molecular complexity index is 421. The predicted molar refractivity (Wildman–Crippen MR) is 79.9 cm³/mol. The molecular formula is C15H21ClN2O2. The molecule has 0 radical (unpaired) electrons. The van der Waals surface area contributed by atoms with E-state index in [-0.39, 0.29) is 11.9 Å². The first-order valence-electron chi connectivity index (χ1n) is 6.96. The number of halogens is 1. The zero-order valence-corrected chi connectivity index (χ0v) is 12.5. The van der Waals surface area contributed by atoms with Crippen molar-refractivity contribution in [2.24, 2.45) is 0 Å². The summed E-state index contributed by atoms with van der Waals surface area (Å²) >= 11 is 6.20. The van der Waals surface area contributed by atoms with Gasteiger partial charge in [0.1, 0.15) is 5.38 Å². The molecule has 0 spiro atoms. The summed E-state index contributed by atoms with van der Waals surface area (Å²) in [6.07, 6.45) is 0. The van der Waals surface area contributed by atoms with Crippen molar-refractivity contribution in [3.05, 3.63) is 35.9 Å². The average molecular weight is 297 g/mol. The Balaban J connectivity index is 1.81. The molecule has 1 fully saturated rings. The summed E-state index contributed by atoms with van der Waals surface area (Å²) in [7, 11) is 0. The van der Waals surface area contributed by atoms with Crippen LogP contribution >= 0.6 is 11.6 Å². The van der Waals surface area contributed by atoms with Gasteiger partial charge in [-0.05, 0) is 12.5 Å². The average Bonchev–Trinajstić information content (AvgIpc) is 2.48. The number of hydrogen-bond acceptors (Lipinski definition) is 3. The van der Waals surface area contributed by atoms with Crippen LogP contribution in [0.5, 0.6) is 0 Å². The molecule has 1 N–H and O–H groups in total. The van der Waals surface area contributed by atoms with Crippen molar-refractivity contribution in [1.29, 1.82) is 0 Å². The summed E-state index contributed by atoms with van der Waals surface area (Å²) < 4.78 is 5.31. The third-order valence-corrected chi connectivity index (χ3v) is 3.80. The first-order chi connectivity index (χ1) is 9.66. The molecule has 1 amide bonds. The molecule has 2 rings (SSSR count). The molecule has 110 valence electrons. The minimum atomic E-state index is -0.636. The summed E-state index contributed by atoms with van der Waals surface area (Å²) in [5.74, 6) is -0.140. The molecule has 0 aliphatic carbocycles. The van der Waals surface area contributed by atoms with Crippen LogP contribution in [0.2, 0.25) is 0 Å². The van der Waals surface area contributed by atoms with E-state index in [0.717, 1.165) is 38.4 Å². The molecule has 1 aliphatic rings. The zero-order valence-electron chi connectivity index (χ0n) is 11.7. The number of carbonyl (C=O) groups excluding carboxylic acids is 1. The van der Waals surface area contributed by atoms with Gasteiger partial charge in [-0.25, -0.2) is 0 Å². The van der Waals surface area contributed by atoms with E-state index < -0.39 is 5.38 Å². The van der Waals surface area contributed by atoms with E-state index >= 15 is 0 Å². The summed E-state index contributed by atoms with van der Waals surface area (Å²) in [6.45, 7) is 6.20. The van der Waals surface area contributed by atoms with Crippen LogP contribution in [0.4, 0.5) is 0 Å². The van der Waals surface area contributed by atoms with E-state index in [1.54, 1.807) is 0 Å². The first-order valence-corrected chi connectivity index (χ1v) is 7.40. The largest absolute Gasteiger partial charge is 0.379 e.